The quantitative estimate of drug-likeness (QED) is 0.658. The molecule has 2 aromatic rings. The minimum absolute atomic E-state index is 0.221. The van der Waals surface area contributed by atoms with E-state index in [1.807, 2.05) is 12.3 Å². The van der Waals surface area contributed by atoms with Crippen LogP contribution in [0.5, 0.6) is 0 Å². The van der Waals surface area contributed by atoms with E-state index in [2.05, 4.69) is 33.7 Å². The van der Waals surface area contributed by atoms with Crippen LogP contribution in [0.4, 0.5) is 11.6 Å². The third-order valence-corrected chi connectivity index (χ3v) is 3.85. The Bertz CT molecular complexity index is 484. The highest BCUT2D eigenvalue weighted by Crippen LogP contribution is 2.23. The zero-order chi connectivity index (χ0) is 12.3. The second-order valence-electron chi connectivity index (χ2n) is 3.55. The predicted molar refractivity (Wildman–Crippen MR) is 74.6 cm³/mol. The Morgan fingerprint density at radius 1 is 1.47 bits per heavy atom. The van der Waals surface area contributed by atoms with E-state index in [1.165, 1.54) is 16.6 Å². The van der Waals surface area contributed by atoms with Crippen molar-refractivity contribution in [2.75, 3.05) is 17.3 Å². The number of thioether (sulfide) groups is 1. The molecule has 0 saturated heterocycles. The van der Waals surface area contributed by atoms with Crippen LogP contribution in [0.1, 0.15) is 17.8 Å². The van der Waals surface area contributed by atoms with Gasteiger partial charge < -0.3 is 11.1 Å². The van der Waals surface area contributed by atoms with E-state index in [0.717, 1.165) is 5.82 Å². The van der Waals surface area contributed by atoms with Gasteiger partial charge in [-0.2, -0.15) is 0 Å². The molecule has 3 N–H and O–H groups in total. The van der Waals surface area contributed by atoms with Crippen LogP contribution in [-0.4, -0.2) is 16.2 Å². The van der Waals surface area contributed by atoms with Crippen LogP contribution in [0.2, 0.25) is 0 Å². The number of nitrogens with zero attached hydrogens (tertiary/aromatic N) is 2. The molecule has 0 aliphatic rings. The summed E-state index contributed by atoms with van der Waals surface area (Å²) >= 11 is 3.20. The lowest BCUT2D eigenvalue weighted by Crippen LogP contribution is -2.08. The molecule has 0 aromatic carbocycles. The fraction of sp³-hybridized carbons (Fsp3) is 0.273. The molecule has 2 rings (SSSR count). The van der Waals surface area contributed by atoms with Crippen LogP contribution < -0.4 is 11.1 Å². The molecule has 4 nitrogen and oxygen atoms in total. The van der Waals surface area contributed by atoms with Crippen molar-refractivity contribution in [1.29, 1.82) is 0 Å². The largest absolute Gasteiger partial charge is 0.383 e. The Labute approximate surface area is 109 Å². The Morgan fingerprint density at radius 2 is 2.29 bits per heavy atom. The number of anilines is 2. The molecule has 0 amide bonds. The summed E-state index contributed by atoms with van der Waals surface area (Å²) in [6.07, 6.45) is 1.93. The number of rotatable bonds is 4. The van der Waals surface area contributed by atoms with Crippen LogP contribution in [0.15, 0.2) is 28.7 Å². The lowest BCUT2D eigenvalue weighted by molar-refractivity contribution is 0.874. The standard InChI is InChI=1S/C11H14N4S2/c1-7(8-4-3-5-17-8)13-10-6-9(12)14-11(15-10)16-2/h3-7H,1-2H3,(H3,12,13,14,15). The summed E-state index contributed by atoms with van der Waals surface area (Å²) in [5.74, 6) is 1.26. The highest BCUT2D eigenvalue weighted by molar-refractivity contribution is 7.98. The van der Waals surface area contributed by atoms with Crippen LogP contribution in [0.3, 0.4) is 0 Å². The van der Waals surface area contributed by atoms with Gasteiger partial charge in [0.25, 0.3) is 0 Å². The number of nitrogens with one attached hydrogen (secondary N) is 1. The Balaban J connectivity index is 2.15. The topological polar surface area (TPSA) is 63.8 Å². The first-order valence-corrected chi connectivity index (χ1v) is 7.28. The van der Waals surface area contributed by atoms with Gasteiger partial charge in [-0.05, 0) is 24.6 Å². The molecular weight excluding hydrogens is 252 g/mol. The monoisotopic (exact) mass is 266 g/mol. The predicted octanol–water partition coefficient (Wildman–Crippen LogP) is 3.02. The number of nitrogen functional groups attached to an aromatic ring is 1. The summed E-state index contributed by atoms with van der Waals surface area (Å²) in [5, 5.41) is 6.08. The van der Waals surface area contributed by atoms with E-state index in [1.54, 1.807) is 17.4 Å². The summed E-state index contributed by atoms with van der Waals surface area (Å²) in [4.78, 5) is 9.75. The van der Waals surface area contributed by atoms with Gasteiger partial charge in [0.2, 0.25) is 0 Å². The molecular formula is C11H14N4S2. The van der Waals surface area contributed by atoms with Gasteiger partial charge in [-0.3, -0.25) is 0 Å². The number of nitrogens with two attached hydrogens (primary N) is 1. The highest BCUT2D eigenvalue weighted by atomic mass is 32.2. The van der Waals surface area contributed by atoms with Gasteiger partial charge in [0, 0.05) is 10.9 Å². The van der Waals surface area contributed by atoms with Crippen LogP contribution in [0.25, 0.3) is 0 Å². The van der Waals surface area contributed by atoms with E-state index < -0.39 is 0 Å². The van der Waals surface area contributed by atoms with Crippen molar-refractivity contribution in [3.63, 3.8) is 0 Å². The van der Waals surface area contributed by atoms with E-state index >= 15 is 0 Å². The molecule has 17 heavy (non-hydrogen) atoms. The van der Waals surface area contributed by atoms with Crippen LogP contribution in [0, 0.1) is 0 Å². The molecule has 1 atom stereocenters. The van der Waals surface area contributed by atoms with Gasteiger partial charge in [0.1, 0.15) is 11.6 Å². The summed E-state index contributed by atoms with van der Waals surface area (Å²) in [5.41, 5.74) is 5.73. The van der Waals surface area contributed by atoms with E-state index in [4.69, 9.17) is 5.73 Å². The minimum Gasteiger partial charge on any atom is -0.383 e. The van der Waals surface area contributed by atoms with Crippen molar-refractivity contribution >= 4 is 34.7 Å². The first-order valence-electron chi connectivity index (χ1n) is 5.17. The summed E-state index contributed by atoms with van der Waals surface area (Å²) < 4.78 is 0. The molecule has 6 heteroatoms. The van der Waals surface area contributed by atoms with Gasteiger partial charge in [0.15, 0.2) is 5.16 Å². The Hall–Kier alpha value is -1.27. The average molecular weight is 266 g/mol. The molecule has 0 saturated carbocycles. The maximum atomic E-state index is 5.73. The van der Waals surface area contributed by atoms with Crippen molar-refractivity contribution in [1.82, 2.24) is 9.97 Å². The van der Waals surface area contributed by atoms with Gasteiger partial charge >= 0.3 is 0 Å². The number of hydrogen-bond donors (Lipinski definition) is 2. The molecule has 90 valence electrons. The number of aromatic nitrogens is 2. The molecule has 1 unspecified atom stereocenters. The lowest BCUT2D eigenvalue weighted by atomic mass is 10.3. The molecule has 2 aromatic heterocycles. The third kappa shape index (κ3) is 3.10. The fourth-order valence-electron chi connectivity index (χ4n) is 1.44. The van der Waals surface area contributed by atoms with Crippen molar-refractivity contribution in [3.8, 4) is 0 Å². The SMILES string of the molecule is CSc1nc(N)cc(NC(C)c2cccs2)n1. The molecule has 0 aliphatic carbocycles. The normalized spacial score (nSPS) is 12.4. The first-order chi connectivity index (χ1) is 8.19. The smallest absolute Gasteiger partial charge is 0.191 e. The van der Waals surface area contributed by atoms with Gasteiger partial charge in [0.05, 0.1) is 6.04 Å². The second kappa shape index (κ2) is 5.37. The molecule has 0 radical (unpaired) electrons. The molecule has 0 aliphatic heterocycles. The van der Waals surface area contributed by atoms with E-state index in [9.17, 15) is 0 Å². The van der Waals surface area contributed by atoms with Crippen molar-refractivity contribution < 1.29 is 0 Å². The summed E-state index contributed by atoms with van der Waals surface area (Å²) in [7, 11) is 0. The zero-order valence-electron chi connectivity index (χ0n) is 9.68. The summed E-state index contributed by atoms with van der Waals surface area (Å²) in [6, 6.07) is 6.12. The Morgan fingerprint density at radius 3 is 2.94 bits per heavy atom. The van der Waals surface area contributed by atoms with E-state index in [-0.39, 0.29) is 6.04 Å². The van der Waals surface area contributed by atoms with Gasteiger partial charge in [-0.15, -0.1) is 11.3 Å². The molecule has 0 bridgehead atoms. The zero-order valence-corrected chi connectivity index (χ0v) is 11.3. The molecule has 0 fully saturated rings. The Kier molecular flexibility index (Phi) is 3.86. The lowest BCUT2D eigenvalue weighted by Gasteiger charge is -2.13. The van der Waals surface area contributed by atoms with Gasteiger partial charge in [-0.25, -0.2) is 9.97 Å². The fourth-order valence-corrected chi connectivity index (χ4v) is 2.56. The van der Waals surface area contributed by atoms with Crippen molar-refractivity contribution in [2.45, 2.75) is 18.1 Å². The third-order valence-electron chi connectivity index (χ3n) is 2.24. The number of hydrogen-bond acceptors (Lipinski definition) is 6. The maximum absolute atomic E-state index is 5.73. The highest BCUT2D eigenvalue weighted by Gasteiger charge is 2.08. The molecule has 2 heterocycles. The first kappa shape index (κ1) is 12.2. The van der Waals surface area contributed by atoms with E-state index in [0.29, 0.717) is 11.0 Å². The molecule has 0 spiro atoms. The van der Waals surface area contributed by atoms with Crippen LogP contribution >= 0.6 is 23.1 Å². The van der Waals surface area contributed by atoms with Gasteiger partial charge in [-0.1, -0.05) is 17.8 Å². The summed E-state index contributed by atoms with van der Waals surface area (Å²) in [6.45, 7) is 2.10. The van der Waals surface area contributed by atoms with Crippen molar-refractivity contribution in [2.24, 2.45) is 0 Å². The maximum Gasteiger partial charge on any atom is 0.191 e. The average Bonchev–Trinajstić information content (AvgIpc) is 2.81. The second-order valence-corrected chi connectivity index (χ2v) is 5.30. The van der Waals surface area contributed by atoms with Crippen LogP contribution in [-0.2, 0) is 0 Å². The van der Waals surface area contributed by atoms with Crippen molar-refractivity contribution in [3.05, 3.63) is 28.5 Å². The number of thiophene rings is 1. The minimum atomic E-state index is 0.221.